The number of sulfone groups is 1. The second kappa shape index (κ2) is 8.87. The highest BCUT2D eigenvalue weighted by molar-refractivity contribution is 7.91. The minimum atomic E-state index is -3.54. The van der Waals surface area contributed by atoms with Crippen molar-refractivity contribution in [2.45, 2.75) is 49.2 Å². The molecule has 0 bridgehead atoms. The van der Waals surface area contributed by atoms with E-state index in [0.717, 1.165) is 31.2 Å². The Balaban J connectivity index is 1.39. The smallest absolute Gasteiger partial charge is 0.251 e. The van der Waals surface area contributed by atoms with E-state index >= 15 is 0 Å². The minimum Gasteiger partial charge on any atom is -0.349 e. The van der Waals surface area contributed by atoms with Crippen LogP contribution < -0.4 is 5.32 Å². The van der Waals surface area contributed by atoms with Gasteiger partial charge in [0.15, 0.2) is 9.84 Å². The van der Waals surface area contributed by atoms with Crippen LogP contribution in [0.15, 0.2) is 47.4 Å². The molecule has 0 unspecified atom stereocenters. The third-order valence-electron chi connectivity index (χ3n) is 5.45. The van der Waals surface area contributed by atoms with Crippen LogP contribution in [0.4, 0.5) is 0 Å². The van der Waals surface area contributed by atoms with Crippen LogP contribution >= 0.6 is 23.2 Å². The molecular formula is C22H24Cl2N2O3S. The Morgan fingerprint density at radius 2 is 1.73 bits per heavy atom. The van der Waals surface area contributed by atoms with Crippen molar-refractivity contribution in [2.24, 2.45) is 0 Å². The molecule has 5 nitrogen and oxygen atoms in total. The van der Waals surface area contributed by atoms with E-state index in [9.17, 15) is 13.2 Å². The summed E-state index contributed by atoms with van der Waals surface area (Å²) in [5, 5.41) is 3.53. The Bertz CT molecular complexity index is 1030. The van der Waals surface area contributed by atoms with E-state index in [4.69, 9.17) is 23.2 Å². The molecule has 0 aliphatic heterocycles. The average molecular weight is 467 g/mol. The van der Waals surface area contributed by atoms with Crippen molar-refractivity contribution in [1.29, 1.82) is 0 Å². The van der Waals surface area contributed by atoms with E-state index in [1.54, 1.807) is 6.07 Å². The zero-order chi connectivity index (χ0) is 21.3. The molecule has 2 fully saturated rings. The van der Waals surface area contributed by atoms with E-state index in [2.05, 4.69) is 10.2 Å². The van der Waals surface area contributed by atoms with Crippen LogP contribution in [0.1, 0.15) is 41.6 Å². The molecular weight excluding hydrogens is 443 g/mol. The van der Waals surface area contributed by atoms with E-state index in [-0.39, 0.29) is 21.6 Å². The Morgan fingerprint density at radius 1 is 1.03 bits per heavy atom. The lowest BCUT2D eigenvalue weighted by Gasteiger charge is -2.22. The molecule has 2 aromatic carbocycles. The molecule has 160 valence electrons. The molecule has 0 aromatic heterocycles. The molecule has 1 amide bonds. The maximum absolute atomic E-state index is 12.8. The third-order valence-corrected chi connectivity index (χ3v) is 7.86. The summed E-state index contributed by atoms with van der Waals surface area (Å²) in [6.45, 7) is 1.06. The lowest BCUT2D eigenvalue weighted by atomic mass is 10.1. The Hall–Kier alpha value is -1.60. The SMILES string of the molecule is O=C(NC1CC1)c1ccc(CN(CCS(=O)(=O)c2cc(Cl)ccc2Cl)C2CC2)cc1. The van der Waals surface area contributed by atoms with Gasteiger partial charge in [0.2, 0.25) is 0 Å². The molecule has 0 atom stereocenters. The lowest BCUT2D eigenvalue weighted by molar-refractivity contribution is 0.0951. The molecule has 2 saturated carbocycles. The van der Waals surface area contributed by atoms with Crippen molar-refractivity contribution in [3.05, 3.63) is 63.6 Å². The highest BCUT2D eigenvalue weighted by Gasteiger charge is 2.30. The molecule has 0 radical (unpaired) electrons. The van der Waals surface area contributed by atoms with Gasteiger partial charge in [-0.2, -0.15) is 0 Å². The van der Waals surface area contributed by atoms with Crippen molar-refractivity contribution >= 4 is 38.9 Å². The topological polar surface area (TPSA) is 66.5 Å². The van der Waals surface area contributed by atoms with E-state index in [1.807, 2.05) is 24.3 Å². The van der Waals surface area contributed by atoms with E-state index in [0.29, 0.717) is 35.8 Å². The van der Waals surface area contributed by atoms with Crippen LogP contribution in [0.25, 0.3) is 0 Å². The number of hydrogen-bond donors (Lipinski definition) is 1. The first-order chi connectivity index (χ1) is 14.3. The summed E-state index contributed by atoms with van der Waals surface area (Å²) in [4.78, 5) is 14.4. The molecule has 4 rings (SSSR count). The van der Waals surface area contributed by atoms with Gasteiger partial charge in [-0.1, -0.05) is 35.3 Å². The van der Waals surface area contributed by atoms with Crippen LogP contribution in [0.2, 0.25) is 10.0 Å². The van der Waals surface area contributed by atoms with Crippen LogP contribution in [0.5, 0.6) is 0 Å². The predicted molar refractivity (Wildman–Crippen MR) is 119 cm³/mol. The van der Waals surface area contributed by atoms with Crippen molar-refractivity contribution in [3.8, 4) is 0 Å². The zero-order valence-corrected chi connectivity index (χ0v) is 18.8. The molecule has 2 aliphatic rings. The molecule has 2 aliphatic carbocycles. The van der Waals surface area contributed by atoms with Crippen LogP contribution in [0, 0.1) is 0 Å². The summed E-state index contributed by atoms with van der Waals surface area (Å²) >= 11 is 12.0. The summed E-state index contributed by atoms with van der Waals surface area (Å²) in [5.74, 6) is -0.0570. The Labute approximate surface area is 187 Å². The number of halogens is 2. The fourth-order valence-electron chi connectivity index (χ4n) is 3.39. The van der Waals surface area contributed by atoms with Crippen LogP contribution in [-0.4, -0.2) is 43.6 Å². The highest BCUT2D eigenvalue weighted by Crippen LogP contribution is 2.30. The normalized spacial score (nSPS) is 16.6. The fraction of sp³-hybridized carbons (Fsp3) is 0.409. The van der Waals surface area contributed by atoms with Gasteiger partial charge in [-0.05, 0) is 61.6 Å². The maximum Gasteiger partial charge on any atom is 0.251 e. The van der Waals surface area contributed by atoms with Gasteiger partial charge < -0.3 is 5.32 Å². The van der Waals surface area contributed by atoms with Gasteiger partial charge >= 0.3 is 0 Å². The molecule has 0 spiro atoms. The highest BCUT2D eigenvalue weighted by atomic mass is 35.5. The first-order valence-corrected chi connectivity index (χ1v) is 12.5. The van der Waals surface area contributed by atoms with Gasteiger partial charge in [0, 0.05) is 35.8 Å². The largest absolute Gasteiger partial charge is 0.349 e. The number of carbonyl (C=O) groups is 1. The van der Waals surface area contributed by atoms with Crippen LogP contribution in [-0.2, 0) is 16.4 Å². The monoisotopic (exact) mass is 466 g/mol. The van der Waals surface area contributed by atoms with Crippen molar-refractivity contribution in [3.63, 3.8) is 0 Å². The van der Waals surface area contributed by atoms with Crippen molar-refractivity contribution in [2.75, 3.05) is 12.3 Å². The molecule has 2 aromatic rings. The van der Waals surface area contributed by atoms with E-state index in [1.165, 1.54) is 12.1 Å². The van der Waals surface area contributed by atoms with Gasteiger partial charge in [-0.25, -0.2) is 8.42 Å². The number of amides is 1. The Kier molecular flexibility index (Phi) is 6.39. The summed E-state index contributed by atoms with van der Waals surface area (Å²) in [6, 6.07) is 12.8. The van der Waals surface area contributed by atoms with Crippen molar-refractivity contribution in [1.82, 2.24) is 10.2 Å². The second-order valence-electron chi connectivity index (χ2n) is 8.04. The number of nitrogens with zero attached hydrogens (tertiary/aromatic N) is 1. The average Bonchev–Trinajstić information content (AvgIpc) is 3.62. The number of benzene rings is 2. The minimum absolute atomic E-state index is 0.0224. The summed E-state index contributed by atoms with van der Waals surface area (Å²) in [5.41, 5.74) is 1.71. The summed E-state index contributed by atoms with van der Waals surface area (Å²) in [6.07, 6.45) is 4.26. The lowest BCUT2D eigenvalue weighted by Crippen LogP contribution is -2.31. The maximum atomic E-state index is 12.8. The van der Waals surface area contributed by atoms with Gasteiger partial charge in [0.1, 0.15) is 0 Å². The van der Waals surface area contributed by atoms with E-state index < -0.39 is 9.84 Å². The van der Waals surface area contributed by atoms with Gasteiger partial charge in [0.05, 0.1) is 15.7 Å². The zero-order valence-electron chi connectivity index (χ0n) is 16.5. The molecule has 0 heterocycles. The fourth-order valence-corrected chi connectivity index (χ4v) is 5.46. The molecule has 0 saturated heterocycles. The van der Waals surface area contributed by atoms with Crippen molar-refractivity contribution < 1.29 is 13.2 Å². The molecule has 30 heavy (non-hydrogen) atoms. The number of nitrogens with one attached hydrogen (secondary N) is 1. The molecule has 1 N–H and O–H groups in total. The summed E-state index contributed by atoms with van der Waals surface area (Å²) in [7, 11) is -3.54. The number of hydrogen-bond acceptors (Lipinski definition) is 4. The molecule has 8 heteroatoms. The van der Waals surface area contributed by atoms with Crippen LogP contribution in [0.3, 0.4) is 0 Å². The second-order valence-corrected chi connectivity index (χ2v) is 11.0. The summed E-state index contributed by atoms with van der Waals surface area (Å²) < 4.78 is 25.6. The number of carbonyl (C=O) groups excluding carboxylic acids is 1. The standard InChI is InChI=1S/C22H24Cl2N2O3S/c23-17-5-10-20(24)21(13-17)30(28,29)12-11-26(19-8-9-19)14-15-1-3-16(4-2-15)22(27)25-18-6-7-18/h1-5,10,13,18-19H,6-9,11-12,14H2,(H,25,27). The Morgan fingerprint density at radius 3 is 2.37 bits per heavy atom. The first kappa shape index (κ1) is 21.6. The predicted octanol–water partition coefficient (Wildman–Crippen LogP) is 4.32. The van der Waals surface area contributed by atoms with Gasteiger partial charge in [-0.15, -0.1) is 0 Å². The van der Waals surface area contributed by atoms with Gasteiger partial charge in [0.25, 0.3) is 5.91 Å². The third kappa shape index (κ3) is 5.55. The quantitative estimate of drug-likeness (QED) is 0.597. The number of rotatable bonds is 9. The first-order valence-electron chi connectivity index (χ1n) is 10.1. The van der Waals surface area contributed by atoms with Gasteiger partial charge in [-0.3, -0.25) is 9.69 Å².